The lowest BCUT2D eigenvalue weighted by atomic mass is 9.80. The zero-order chi connectivity index (χ0) is 18.3. The highest BCUT2D eigenvalue weighted by Crippen LogP contribution is 2.33. The fourth-order valence-electron chi connectivity index (χ4n) is 3.31. The molecule has 140 valence electrons. The van der Waals surface area contributed by atoms with Gasteiger partial charge in [-0.15, -0.1) is 0 Å². The molecule has 1 aliphatic heterocycles. The van der Waals surface area contributed by atoms with Crippen molar-refractivity contribution in [3.05, 3.63) is 35.9 Å². The molecule has 1 heterocycles. The van der Waals surface area contributed by atoms with Gasteiger partial charge in [0.15, 0.2) is 0 Å². The number of nitrogens with zero attached hydrogens (tertiary/aromatic N) is 1. The van der Waals surface area contributed by atoms with Crippen molar-refractivity contribution in [2.24, 2.45) is 5.41 Å². The van der Waals surface area contributed by atoms with E-state index in [0.29, 0.717) is 26.4 Å². The summed E-state index contributed by atoms with van der Waals surface area (Å²) in [7, 11) is 0. The monoisotopic (exact) mass is 349 g/mol. The Bertz CT molecular complexity index is 526. The summed E-state index contributed by atoms with van der Waals surface area (Å²) in [4.78, 5) is 13.0. The van der Waals surface area contributed by atoms with Crippen molar-refractivity contribution in [1.29, 1.82) is 0 Å². The number of piperidine rings is 1. The Morgan fingerprint density at radius 1 is 1.24 bits per heavy atom. The number of rotatable bonds is 7. The SMILES string of the molecule is CC(C)(C)C1CC(OCCCOCc2ccccc2)CCN1C(=O)O. The smallest absolute Gasteiger partial charge is 0.407 e. The van der Waals surface area contributed by atoms with Crippen molar-refractivity contribution in [2.75, 3.05) is 19.8 Å². The van der Waals surface area contributed by atoms with Crippen molar-refractivity contribution in [3.63, 3.8) is 0 Å². The summed E-state index contributed by atoms with van der Waals surface area (Å²) in [5.74, 6) is 0. The van der Waals surface area contributed by atoms with E-state index in [1.165, 1.54) is 5.56 Å². The van der Waals surface area contributed by atoms with Crippen LogP contribution in [-0.2, 0) is 16.1 Å². The second kappa shape index (κ2) is 9.20. The van der Waals surface area contributed by atoms with Crippen molar-refractivity contribution in [1.82, 2.24) is 4.90 Å². The highest BCUT2D eigenvalue weighted by Gasteiger charge is 2.38. The number of carbonyl (C=O) groups is 1. The summed E-state index contributed by atoms with van der Waals surface area (Å²) >= 11 is 0. The quantitative estimate of drug-likeness (QED) is 0.751. The zero-order valence-corrected chi connectivity index (χ0v) is 15.6. The van der Waals surface area contributed by atoms with Crippen LogP contribution in [0.3, 0.4) is 0 Å². The molecule has 0 saturated carbocycles. The van der Waals surface area contributed by atoms with Gasteiger partial charge in [0.05, 0.1) is 12.7 Å². The highest BCUT2D eigenvalue weighted by atomic mass is 16.5. The Kier molecular flexibility index (Phi) is 7.26. The number of benzene rings is 1. The summed E-state index contributed by atoms with van der Waals surface area (Å²) in [6.07, 6.45) is 1.69. The third-order valence-corrected chi connectivity index (χ3v) is 4.70. The second-order valence-electron chi connectivity index (χ2n) is 7.77. The van der Waals surface area contributed by atoms with Crippen LogP contribution in [0.15, 0.2) is 30.3 Å². The molecule has 1 saturated heterocycles. The Morgan fingerprint density at radius 3 is 2.60 bits per heavy atom. The zero-order valence-electron chi connectivity index (χ0n) is 15.6. The average Bonchev–Trinajstić information content (AvgIpc) is 2.58. The maximum atomic E-state index is 11.4. The van der Waals surface area contributed by atoms with Gasteiger partial charge in [0, 0.05) is 25.8 Å². The third-order valence-electron chi connectivity index (χ3n) is 4.70. The van der Waals surface area contributed by atoms with E-state index in [0.717, 1.165) is 19.3 Å². The van der Waals surface area contributed by atoms with E-state index in [4.69, 9.17) is 9.47 Å². The Morgan fingerprint density at radius 2 is 1.96 bits per heavy atom. The van der Waals surface area contributed by atoms with Gasteiger partial charge in [-0.25, -0.2) is 4.79 Å². The van der Waals surface area contributed by atoms with Crippen molar-refractivity contribution >= 4 is 6.09 Å². The van der Waals surface area contributed by atoms with Crippen LogP contribution in [0.1, 0.15) is 45.6 Å². The number of hydrogen-bond donors (Lipinski definition) is 1. The van der Waals surface area contributed by atoms with Crippen LogP contribution in [0.2, 0.25) is 0 Å². The standard InChI is InChI=1S/C20H31NO4/c1-20(2,3)18-14-17(10-11-21(18)19(22)23)25-13-7-12-24-15-16-8-5-4-6-9-16/h4-6,8-9,17-18H,7,10-15H2,1-3H3,(H,22,23). The van der Waals surface area contributed by atoms with E-state index in [1.54, 1.807) is 4.90 Å². The normalized spacial score (nSPS) is 21.3. The van der Waals surface area contributed by atoms with E-state index in [1.807, 2.05) is 18.2 Å². The minimum absolute atomic E-state index is 0.00178. The van der Waals surface area contributed by atoms with Gasteiger partial charge in [0.1, 0.15) is 0 Å². The number of likely N-dealkylation sites (tertiary alicyclic amines) is 1. The van der Waals surface area contributed by atoms with Gasteiger partial charge < -0.3 is 19.5 Å². The van der Waals surface area contributed by atoms with Crippen LogP contribution in [0, 0.1) is 5.41 Å². The topological polar surface area (TPSA) is 59.0 Å². The first-order valence-electron chi connectivity index (χ1n) is 9.11. The molecule has 0 bridgehead atoms. The minimum Gasteiger partial charge on any atom is -0.465 e. The predicted octanol–water partition coefficient (Wildman–Crippen LogP) is 4.17. The molecule has 0 radical (unpaired) electrons. The fourth-order valence-corrected chi connectivity index (χ4v) is 3.31. The summed E-state index contributed by atoms with van der Waals surface area (Å²) in [6.45, 7) is 8.78. The van der Waals surface area contributed by atoms with E-state index in [9.17, 15) is 9.90 Å². The van der Waals surface area contributed by atoms with Crippen LogP contribution >= 0.6 is 0 Å². The van der Waals surface area contributed by atoms with Gasteiger partial charge in [0.25, 0.3) is 0 Å². The van der Waals surface area contributed by atoms with Crippen LogP contribution in [-0.4, -0.2) is 48.0 Å². The Balaban J connectivity index is 1.66. The highest BCUT2D eigenvalue weighted by molar-refractivity contribution is 5.65. The first kappa shape index (κ1) is 19.7. The van der Waals surface area contributed by atoms with Gasteiger partial charge in [0.2, 0.25) is 0 Å². The molecule has 1 fully saturated rings. The number of carboxylic acid groups (broad SMARTS) is 1. The summed E-state index contributed by atoms with van der Waals surface area (Å²) < 4.78 is 11.7. The van der Waals surface area contributed by atoms with Crippen LogP contribution in [0.25, 0.3) is 0 Å². The maximum absolute atomic E-state index is 11.4. The Hall–Kier alpha value is -1.59. The molecule has 1 aliphatic rings. The molecule has 2 rings (SSSR count). The van der Waals surface area contributed by atoms with Crippen molar-refractivity contribution < 1.29 is 19.4 Å². The molecular formula is C20H31NO4. The third kappa shape index (κ3) is 6.33. The van der Waals surface area contributed by atoms with Gasteiger partial charge in [-0.2, -0.15) is 0 Å². The minimum atomic E-state index is -0.826. The van der Waals surface area contributed by atoms with Crippen LogP contribution in [0.4, 0.5) is 4.79 Å². The molecule has 0 aliphatic carbocycles. The molecule has 1 N–H and O–H groups in total. The average molecular weight is 349 g/mol. The largest absolute Gasteiger partial charge is 0.465 e. The predicted molar refractivity (Wildman–Crippen MR) is 97.7 cm³/mol. The van der Waals surface area contributed by atoms with E-state index in [-0.39, 0.29) is 17.6 Å². The van der Waals surface area contributed by atoms with E-state index >= 15 is 0 Å². The van der Waals surface area contributed by atoms with E-state index in [2.05, 4.69) is 32.9 Å². The number of ether oxygens (including phenoxy) is 2. The van der Waals surface area contributed by atoms with Gasteiger partial charge in [-0.05, 0) is 30.2 Å². The van der Waals surface area contributed by atoms with Crippen LogP contribution < -0.4 is 0 Å². The van der Waals surface area contributed by atoms with Crippen molar-refractivity contribution in [3.8, 4) is 0 Å². The van der Waals surface area contributed by atoms with E-state index < -0.39 is 6.09 Å². The summed E-state index contributed by atoms with van der Waals surface area (Å²) in [6, 6.07) is 10.1. The first-order chi connectivity index (χ1) is 11.9. The number of amides is 1. The first-order valence-corrected chi connectivity index (χ1v) is 9.11. The molecule has 2 unspecified atom stereocenters. The molecule has 0 aromatic heterocycles. The summed E-state index contributed by atoms with van der Waals surface area (Å²) in [5.41, 5.74) is 1.09. The van der Waals surface area contributed by atoms with Crippen LogP contribution in [0.5, 0.6) is 0 Å². The molecule has 2 atom stereocenters. The fraction of sp³-hybridized carbons (Fsp3) is 0.650. The molecule has 5 heteroatoms. The maximum Gasteiger partial charge on any atom is 0.407 e. The number of hydrogen-bond acceptors (Lipinski definition) is 3. The Labute approximate surface area is 150 Å². The molecule has 1 amide bonds. The lowest BCUT2D eigenvalue weighted by Crippen LogP contribution is -2.53. The second-order valence-corrected chi connectivity index (χ2v) is 7.77. The molecule has 1 aromatic rings. The van der Waals surface area contributed by atoms with Gasteiger partial charge in [-0.1, -0.05) is 51.1 Å². The lowest BCUT2D eigenvalue weighted by molar-refractivity contribution is -0.0398. The van der Waals surface area contributed by atoms with Gasteiger partial charge >= 0.3 is 6.09 Å². The molecule has 1 aromatic carbocycles. The molecular weight excluding hydrogens is 318 g/mol. The van der Waals surface area contributed by atoms with Gasteiger partial charge in [-0.3, -0.25) is 0 Å². The molecule has 25 heavy (non-hydrogen) atoms. The molecule has 5 nitrogen and oxygen atoms in total. The lowest BCUT2D eigenvalue weighted by Gasteiger charge is -2.44. The summed E-state index contributed by atoms with van der Waals surface area (Å²) in [5, 5.41) is 9.39. The molecule has 0 spiro atoms. The van der Waals surface area contributed by atoms with Crippen molar-refractivity contribution in [2.45, 2.75) is 58.8 Å².